The Balaban J connectivity index is 1.83. The molecule has 100 valence electrons. The molecule has 0 spiro atoms. The van der Waals surface area contributed by atoms with Gasteiger partial charge in [0.1, 0.15) is 5.75 Å². The molecule has 1 N–H and O–H groups in total. The first-order valence-electron chi connectivity index (χ1n) is 6.35. The molecule has 4 nitrogen and oxygen atoms in total. The Bertz CT molecular complexity index is 349. The number of benzene rings is 1. The van der Waals surface area contributed by atoms with Gasteiger partial charge in [-0.25, -0.2) is 0 Å². The molecule has 0 amide bonds. The molecule has 18 heavy (non-hydrogen) atoms. The van der Waals surface area contributed by atoms with Crippen molar-refractivity contribution in [3.05, 3.63) is 29.8 Å². The van der Waals surface area contributed by atoms with Gasteiger partial charge < -0.3 is 19.3 Å². The number of hydrogen-bond donors (Lipinski definition) is 1. The molecule has 2 rings (SSSR count). The molecule has 2 atom stereocenters. The zero-order chi connectivity index (χ0) is 12.8. The highest BCUT2D eigenvalue weighted by Gasteiger charge is 2.26. The smallest absolute Gasteiger partial charge is 0.184 e. The number of rotatable bonds is 6. The molecule has 4 heteroatoms. The lowest BCUT2D eigenvalue weighted by Crippen LogP contribution is -2.09. The predicted octanol–water partition coefficient (Wildman–Crippen LogP) is 2.27. The summed E-state index contributed by atoms with van der Waals surface area (Å²) in [6.45, 7) is 0.873. The van der Waals surface area contributed by atoms with Crippen molar-refractivity contribution in [1.29, 1.82) is 0 Å². The minimum absolute atomic E-state index is 0.142. The number of aliphatic hydroxyl groups is 1. The summed E-state index contributed by atoms with van der Waals surface area (Å²) in [6, 6.07) is 7.72. The van der Waals surface area contributed by atoms with Crippen molar-refractivity contribution in [1.82, 2.24) is 0 Å². The van der Waals surface area contributed by atoms with Crippen LogP contribution in [0.5, 0.6) is 5.75 Å². The van der Waals surface area contributed by atoms with Crippen molar-refractivity contribution in [2.24, 2.45) is 0 Å². The van der Waals surface area contributed by atoms with Gasteiger partial charge in [-0.3, -0.25) is 0 Å². The van der Waals surface area contributed by atoms with Crippen LogP contribution in [0.15, 0.2) is 24.3 Å². The number of aliphatic hydroxyl groups excluding tert-OH is 1. The summed E-state index contributed by atoms with van der Waals surface area (Å²) >= 11 is 0. The first kappa shape index (κ1) is 13.3. The van der Waals surface area contributed by atoms with E-state index in [4.69, 9.17) is 19.3 Å². The summed E-state index contributed by atoms with van der Waals surface area (Å²) in [6.07, 6.45) is 2.61. The average molecular weight is 252 g/mol. The van der Waals surface area contributed by atoms with E-state index in [1.807, 2.05) is 24.3 Å². The van der Waals surface area contributed by atoms with Crippen LogP contribution in [-0.4, -0.2) is 31.5 Å². The van der Waals surface area contributed by atoms with E-state index >= 15 is 0 Å². The maximum absolute atomic E-state index is 8.74. The quantitative estimate of drug-likeness (QED) is 0.789. The van der Waals surface area contributed by atoms with E-state index in [1.54, 1.807) is 7.11 Å². The highest BCUT2D eigenvalue weighted by molar-refractivity contribution is 5.28. The Labute approximate surface area is 107 Å². The zero-order valence-corrected chi connectivity index (χ0v) is 10.7. The predicted molar refractivity (Wildman–Crippen MR) is 67.5 cm³/mol. The fraction of sp³-hybridized carbons (Fsp3) is 0.571. The second-order valence-corrected chi connectivity index (χ2v) is 4.42. The van der Waals surface area contributed by atoms with Crippen LogP contribution in [0, 0.1) is 0 Å². The van der Waals surface area contributed by atoms with Crippen LogP contribution in [0.1, 0.15) is 31.1 Å². The second-order valence-electron chi connectivity index (χ2n) is 4.42. The molecule has 1 fully saturated rings. The molecule has 1 aliphatic rings. The van der Waals surface area contributed by atoms with Crippen molar-refractivity contribution in [3.63, 3.8) is 0 Å². The summed E-state index contributed by atoms with van der Waals surface area (Å²) < 4.78 is 16.6. The van der Waals surface area contributed by atoms with E-state index in [2.05, 4.69) is 0 Å². The molecule has 0 unspecified atom stereocenters. The van der Waals surface area contributed by atoms with E-state index in [-0.39, 0.29) is 19.0 Å². The molecule has 1 aromatic carbocycles. The number of unbranched alkanes of at least 4 members (excludes halogenated alkanes) is 1. The van der Waals surface area contributed by atoms with Crippen molar-refractivity contribution in [2.45, 2.75) is 31.7 Å². The molecule has 1 heterocycles. The molecule has 0 aliphatic carbocycles. The molecule has 0 radical (unpaired) electrons. The minimum atomic E-state index is -0.268. The summed E-state index contributed by atoms with van der Waals surface area (Å²) in [5.41, 5.74) is 1.01. The normalized spacial score (nSPS) is 23.2. The molecule has 1 aliphatic heterocycles. The Morgan fingerprint density at radius 3 is 2.72 bits per heavy atom. The highest BCUT2D eigenvalue weighted by atomic mass is 16.7. The van der Waals surface area contributed by atoms with Crippen molar-refractivity contribution in [2.75, 3.05) is 20.3 Å². The van der Waals surface area contributed by atoms with Crippen LogP contribution in [0.25, 0.3) is 0 Å². The van der Waals surface area contributed by atoms with Gasteiger partial charge >= 0.3 is 0 Å². The van der Waals surface area contributed by atoms with Crippen LogP contribution < -0.4 is 4.74 Å². The van der Waals surface area contributed by atoms with Gasteiger partial charge in [0.05, 0.1) is 19.8 Å². The van der Waals surface area contributed by atoms with E-state index in [0.29, 0.717) is 6.61 Å². The number of methoxy groups -OCH3 is 1. The molecule has 1 aromatic rings. The third kappa shape index (κ3) is 3.45. The van der Waals surface area contributed by atoms with Crippen molar-refractivity contribution in [3.8, 4) is 5.75 Å². The summed E-state index contributed by atoms with van der Waals surface area (Å²) in [5.74, 6) is 0.830. The van der Waals surface area contributed by atoms with E-state index < -0.39 is 0 Å². The zero-order valence-electron chi connectivity index (χ0n) is 10.7. The SMILES string of the molecule is COc1ccc([C@H]2OC[C@@H](CCCCO)O2)cc1. The van der Waals surface area contributed by atoms with Crippen molar-refractivity contribution >= 4 is 0 Å². The fourth-order valence-corrected chi connectivity index (χ4v) is 2.02. The molecular weight excluding hydrogens is 232 g/mol. The van der Waals surface area contributed by atoms with Crippen molar-refractivity contribution < 1.29 is 19.3 Å². The molecular formula is C14H20O4. The molecule has 0 saturated carbocycles. The van der Waals surface area contributed by atoms with Gasteiger partial charge in [0, 0.05) is 12.2 Å². The lowest BCUT2D eigenvalue weighted by atomic mass is 10.2. The lowest BCUT2D eigenvalue weighted by molar-refractivity contribution is -0.0614. The third-order valence-electron chi connectivity index (χ3n) is 3.07. The average Bonchev–Trinajstić information content (AvgIpc) is 2.88. The molecule has 0 aromatic heterocycles. The second kappa shape index (κ2) is 6.73. The van der Waals surface area contributed by atoms with Crippen LogP contribution in [0.4, 0.5) is 0 Å². The maximum atomic E-state index is 8.74. The highest BCUT2D eigenvalue weighted by Crippen LogP contribution is 2.29. The van der Waals surface area contributed by atoms with E-state index in [9.17, 15) is 0 Å². The summed E-state index contributed by atoms with van der Waals surface area (Å²) in [4.78, 5) is 0. The number of hydrogen-bond acceptors (Lipinski definition) is 4. The van der Waals surface area contributed by atoms with Gasteiger partial charge in [0.25, 0.3) is 0 Å². The summed E-state index contributed by atoms with van der Waals surface area (Å²) in [7, 11) is 1.65. The lowest BCUT2D eigenvalue weighted by Gasteiger charge is -2.12. The van der Waals surface area contributed by atoms with Crippen LogP contribution in [-0.2, 0) is 9.47 Å². The van der Waals surface area contributed by atoms with Gasteiger partial charge in [0.15, 0.2) is 6.29 Å². The standard InChI is InChI=1S/C14H20O4/c1-16-12-7-5-11(6-8-12)14-17-10-13(18-14)4-2-3-9-15/h5-8,13-15H,2-4,9-10H2,1H3/t13-,14+/m1/s1. The fourth-order valence-electron chi connectivity index (χ4n) is 2.02. The molecule has 0 bridgehead atoms. The first-order valence-corrected chi connectivity index (χ1v) is 6.35. The monoisotopic (exact) mass is 252 g/mol. The van der Waals surface area contributed by atoms with Crippen LogP contribution in [0.3, 0.4) is 0 Å². The number of ether oxygens (including phenoxy) is 3. The summed E-state index contributed by atoms with van der Waals surface area (Å²) in [5, 5.41) is 8.74. The Morgan fingerprint density at radius 1 is 1.28 bits per heavy atom. The maximum Gasteiger partial charge on any atom is 0.184 e. The first-order chi connectivity index (χ1) is 8.83. The third-order valence-corrected chi connectivity index (χ3v) is 3.07. The Hall–Kier alpha value is -1.10. The van der Waals surface area contributed by atoms with Gasteiger partial charge in [-0.2, -0.15) is 0 Å². The van der Waals surface area contributed by atoms with Gasteiger partial charge in [-0.1, -0.05) is 12.1 Å². The van der Waals surface area contributed by atoms with Gasteiger partial charge in [-0.15, -0.1) is 0 Å². The minimum Gasteiger partial charge on any atom is -0.497 e. The topological polar surface area (TPSA) is 47.9 Å². The largest absolute Gasteiger partial charge is 0.497 e. The van der Waals surface area contributed by atoms with E-state index in [0.717, 1.165) is 30.6 Å². The van der Waals surface area contributed by atoms with Gasteiger partial charge in [-0.05, 0) is 31.4 Å². The van der Waals surface area contributed by atoms with Crippen LogP contribution >= 0.6 is 0 Å². The molecule has 1 saturated heterocycles. The van der Waals surface area contributed by atoms with Gasteiger partial charge in [0.2, 0.25) is 0 Å². The van der Waals surface area contributed by atoms with Crippen LogP contribution in [0.2, 0.25) is 0 Å². The Kier molecular flexibility index (Phi) is 4.99. The van der Waals surface area contributed by atoms with E-state index in [1.165, 1.54) is 0 Å². The Morgan fingerprint density at radius 2 is 2.06 bits per heavy atom.